The second kappa shape index (κ2) is 11.7. The van der Waals surface area contributed by atoms with Crippen molar-refractivity contribution in [1.29, 1.82) is 0 Å². The monoisotopic (exact) mass is 477 g/mol. The van der Waals surface area contributed by atoms with Gasteiger partial charge in [0.05, 0.1) is 11.9 Å². The quantitative estimate of drug-likeness (QED) is 0.494. The van der Waals surface area contributed by atoms with Gasteiger partial charge in [0.15, 0.2) is 0 Å². The average molecular weight is 478 g/mol. The number of nitrogens with zero attached hydrogens (tertiary/aromatic N) is 4. The van der Waals surface area contributed by atoms with Gasteiger partial charge in [0.2, 0.25) is 0 Å². The Morgan fingerprint density at radius 1 is 0.971 bits per heavy atom. The Morgan fingerprint density at radius 3 is 2.14 bits per heavy atom. The summed E-state index contributed by atoms with van der Waals surface area (Å²) in [6, 6.07) is 10.8. The number of piperazine rings is 1. The number of aliphatic hydroxyl groups is 1. The Labute approximate surface area is 211 Å². The van der Waals surface area contributed by atoms with Crippen LogP contribution in [0.1, 0.15) is 49.4 Å². The number of aromatic nitrogens is 2. The summed E-state index contributed by atoms with van der Waals surface area (Å²) in [5.74, 6) is 0. The maximum Gasteiger partial charge on any atom is 0.0991 e. The normalized spacial score (nSPS) is 15.9. The molecule has 1 unspecified atom stereocenters. The number of hydrogen-bond donors (Lipinski definition) is 2. The zero-order chi connectivity index (χ0) is 25.6. The van der Waals surface area contributed by atoms with Crippen LogP contribution in [0.3, 0.4) is 0 Å². The molecule has 6 nitrogen and oxygen atoms in total. The third-order valence-electron chi connectivity index (χ3n) is 6.80. The van der Waals surface area contributed by atoms with Crippen LogP contribution in [0.4, 0.5) is 11.4 Å². The molecule has 1 atom stereocenters. The van der Waals surface area contributed by atoms with Crippen LogP contribution in [0.2, 0.25) is 0 Å². The molecule has 6 heteroatoms. The van der Waals surface area contributed by atoms with Crippen molar-refractivity contribution < 1.29 is 5.11 Å². The van der Waals surface area contributed by atoms with Gasteiger partial charge in [-0.15, -0.1) is 0 Å². The van der Waals surface area contributed by atoms with Crippen molar-refractivity contribution in [2.45, 2.75) is 60.0 Å². The van der Waals surface area contributed by atoms with Gasteiger partial charge in [-0.05, 0) is 74.2 Å². The summed E-state index contributed by atoms with van der Waals surface area (Å²) in [7, 11) is 0. The molecule has 3 N–H and O–H groups in total. The SMILES string of the molecule is CCC.Cc1cc(CC(C)(O)CN2CCN(c3ccc(-n4ccnc4)cc3)CC2)c(C)c(N)c1C. The van der Waals surface area contributed by atoms with E-state index < -0.39 is 5.60 Å². The van der Waals surface area contributed by atoms with E-state index in [2.05, 4.69) is 79.7 Å². The highest BCUT2D eigenvalue weighted by Gasteiger charge is 2.28. The van der Waals surface area contributed by atoms with Crippen molar-refractivity contribution in [3.63, 3.8) is 0 Å². The van der Waals surface area contributed by atoms with Gasteiger partial charge in [0.1, 0.15) is 0 Å². The van der Waals surface area contributed by atoms with Crippen LogP contribution >= 0.6 is 0 Å². The van der Waals surface area contributed by atoms with Crippen LogP contribution in [0.15, 0.2) is 49.1 Å². The molecule has 2 aromatic carbocycles. The molecule has 190 valence electrons. The second-order valence-corrected chi connectivity index (χ2v) is 10.1. The van der Waals surface area contributed by atoms with E-state index >= 15 is 0 Å². The van der Waals surface area contributed by atoms with Gasteiger partial charge < -0.3 is 20.3 Å². The van der Waals surface area contributed by atoms with Crippen molar-refractivity contribution in [2.24, 2.45) is 0 Å². The Hall–Kier alpha value is -2.83. The summed E-state index contributed by atoms with van der Waals surface area (Å²) >= 11 is 0. The molecule has 0 aliphatic carbocycles. The van der Waals surface area contributed by atoms with Crippen LogP contribution in [-0.2, 0) is 6.42 Å². The number of nitrogen functional groups attached to an aromatic ring is 1. The summed E-state index contributed by atoms with van der Waals surface area (Å²) in [4.78, 5) is 8.90. The summed E-state index contributed by atoms with van der Waals surface area (Å²) in [6.45, 7) is 16.8. The Balaban J connectivity index is 0.00000108. The van der Waals surface area contributed by atoms with Crippen LogP contribution in [0.25, 0.3) is 5.69 Å². The zero-order valence-corrected chi connectivity index (χ0v) is 22.4. The molecule has 35 heavy (non-hydrogen) atoms. The Bertz CT molecular complexity index is 1070. The summed E-state index contributed by atoms with van der Waals surface area (Å²) < 4.78 is 2.01. The lowest BCUT2D eigenvalue weighted by molar-refractivity contribution is 0.0183. The lowest BCUT2D eigenvalue weighted by Gasteiger charge is -2.39. The minimum Gasteiger partial charge on any atom is -0.398 e. The van der Waals surface area contributed by atoms with Crippen molar-refractivity contribution in [3.05, 3.63) is 71.3 Å². The predicted octanol–water partition coefficient (Wildman–Crippen LogP) is 4.91. The Kier molecular flexibility index (Phi) is 8.98. The van der Waals surface area contributed by atoms with E-state index in [1.165, 1.54) is 17.7 Å². The van der Waals surface area contributed by atoms with Gasteiger partial charge in [0.25, 0.3) is 0 Å². The van der Waals surface area contributed by atoms with Crippen LogP contribution < -0.4 is 10.6 Å². The molecule has 0 saturated carbocycles. The fourth-order valence-corrected chi connectivity index (χ4v) is 4.69. The minimum atomic E-state index is -0.798. The van der Waals surface area contributed by atoms with Gasteiger partial charge in [-0.2, -0.15) is 0 Å². The van der Waals surface area contributed by atoms with Crippen molar-refractivity contribution in [1.82, 2.24) is 14.5 Å². The predicted molar refractivity (Wildman–Crippen MR) is 148 cm³/mol. The summed E-state index contributed by atoms with van der Waals surface area (Å²) in [5, 5.41) is 11.2. The number of hydrogen-bond acceptors (Lipinski definition) is 5. The van der Waals surface area contributed by atoms with Gasteiger partial charge in [-0.1, -0.05) is 26.3 Å². The van der Waals surface area contributed by atoms with E-state index in [4.69, 9.17) is 5.73 Å². The molecule has 2 heterocycles. The van der Waals surface area contributed by atoms with Crippen molar-refractivity contribution in [2.75, 3.05) is 43.4 Å². The van der Waals surface area contributed by atoms with Gasteiger partial charge in [-0.25, -0.2) is 4.98 Å². The van der Waals surface area contributed by atoms with E-state index in [9.17, 15) is 5.11 Å². The molecule has 4 rings (SSSR count). The van der Waals surface area contributed by atoms with Crippen molar-refractivity contribution >= 4 is 11.4 Å². The van der Waals surface area contributed by atoms with E-state index in [-0.39, 0.29) is 0 Å². The summed E-state index contributed by atoms with van der Waals surface area (Å²) in [6.07, 6.45) is 7.42. The zero-order valence-electron chi connectivity index (χ0n) is 22.4. The third kappa shape index (κ3) is 6.86. The molecule has 1 aromatic heterocycles. The number of anilines is 2. The molecule has 0 amide bonds. The first-order chi connectivity index (χ1) is 16.6. The lowest BCUT2D eigenvalue weighted by atomic mass is 9.89. The molecular formula is C29H43N5O. The van der Waals surface area contributed by atoms with Crippen LogP contribution in [0, 0.1) is 20.8 Å². The standard InChI is InChI=1S/C26H35N5O.C3H8/c1-19-15-22(21(3)25(27)20(19)2)16-26(4,32)17-29-11-13-30(14-12-29)23-5-7-24(8-6-23)31-10-9-28-18-31;1-3-2/h5-10,15,18,32H,11-14,16-17,27H2,1-4H3;3H2,1-2H3. The molecule has 1 saturated heterocycles. The van der Waals surface area contributed by atoms with Crippen molar-refractivity contribution in [3.8, 4) is 5.69 Å². The number of β-amino-alcohol motifs (C(OH)–C–C–N with tert-alkyl or cyclic N) is 1. The molecule has 1 aliphatic heterocycles. The minimum absolute atomic E-state index is 0.611. The number of rotatable bonds is 6. The molecule has 0 spiro atoms. The molecule has 1 fully saturated rings. The largest absolute Gasteiger partial charge is 0.398 e. The summed E-state index contributed by atoms with van der Waals surface area (Å²) in [5.41, 5.74) is 13.3. The number of nitrogens with two attached hydrogens (primary N) is 1. The first kappa shape index (κ1) is 26.8. The first-order valence-corrected chi connectivity index (χ1v) is 12.8. The number of benzene rings is 2. The maximum atomic E-state index is 11.2. The highest BCUT2D eigenvalue weighted by atomic mass is 16.3. The van der Waals surface area contributed by atoms with E-state index in [1.807, 2.05) is 24.0 Å². The average Bonchev–Trinajstić information content (AvgIpc) is 3.37. The number of imidazole rings is 1. The van der Waals surface area contributed by atoms with Gasteiger partial charge >= 0.3 is 0 Å². The molecular weight excluding hydrogens is 434 g/mol. The van der Waals surface area contributed by atoms with Crippen LogP contribution in [-0.4, -0.2) is 57.9 Å². The third-order valence-corrected chi connectivity index (χ3v) is 6.80. The van der Waals surface area contributed by atoms with E-state index in [0.29, 0.717) is 13.0 Å². The van der Waals surface area contributed by atoms with E-state index in [1.54, 1.807) is 6.20 Å². The molecule has 0 radical (unpaired) electrons. The second-order valence-electron chi connectivity index (χ2n) is 10.1. The molecule has 3 aromatic rings. The van der Waals surface area contributed by atoms with E-state index in [0.717, 1.165) is 54.2 Å². The maximum absolute atomic E-state index is 11.2. The highest BCUT2D eigenvalue weighted by molar-refractivity contribution is 5.59. The highest BCUT2D eigenvalue weighted by Crippen LogP contribution is 2.28. The van der Waals surface area contributed by atoms with Gasteiger partial charge in [-0.3, -0.25) is 4.90 Å². The fraction of sp³-hybridized carbons (Fsp3) is 0.483. The smallest absolute Gasteiger partial charge is 0.0991 e. The van der Waals surface area contributed by atoms with Crippen LogP contribution in [0.5, 0.6) is 0 Å². The Morgan fingerprint density at radius 2 is 1.57 bits per heavy atom. The van der Waals surface area contributed by atoms with Gasteiger partial charge in [0, 0.05) is 68.6 Å². The fourth-order valence-electron chi connectivity index (χ4n) is 4.69. The lowest BCUT2D eigenvalue weighted by Crippen LogP contribution is -2.51. The number of aryl methyl sites for hydroxylation is 1. The molecule has 1 aliphatic rings. The first-order valence-electron chi connectivity index (χ1n) is 12.8. The topological polar surface area (TPSA) is 70.5 Å². The molecule has 0 bridgehead atoms.